The summed E-state index contributed by atoms with van der Waals surface area (Å²) in [6.45, 7) is -2.33. The fourth-order valence-electron chi connectivity index (χ4n) is 0.695. The van der Waals surface area contributed by atoms with Crippen LogP contribution in [0.2, 0.25) is 0 Å². The molecule has 10 nitrogen and oxygen atoms in total. The first-order valence-electron chi connectivity index (χ1n) is 5.04. The highest BCUT2D eigenvalue weighted by Crippen LogP contribution is 1.92. The molecule has 0 aliphatic heterocycles. The van der Waals surface area contributed by atoms with Gasteiger partial charge in [0, 0.05) is 0 Å². The molecular weight excluding hydrogens is 268 g/mol. The molecule has 2 N–H and O–H groups in total. The number of hydrogen-bond acceptors (Lipinski definition) is 10. The second-order valence-electron chi connectivity index (χ2n) is 2.76. The molecule has 0 radical (unpaired) electrons. The Labute approximate surface area is 108 Å². The van der Waals surface area contributed by atoms with Crippen molar-refractivity contribution in [3.63, 3.8) is 0 Å². The number of aliphatic hydroxyl groups excluding tert-OH is 2. The van der Waals surface area contributed by atoms with Gasteiger partial charge in [-0.15, -0.1) is 0 Å². The number of carbonyl (C=O) groups excluding carboxylic acids is 2. The SMILES string of the molecule is O=C(CC(=O)OCOCOCO)OCOCOCO. The predicted molar refractivity (Wildman–Crippen MR) is 54.8 cm³/mol. The Morgan fingerprint density at radius 2 is 1.11 bits per heavy atom. The lowest BCUT2D eigenvalue weighted by atomic mass is 10.4. The van der Waals surface area contributed by atoms with Gasteiger partial charge in [-0.05, 0) is 0 Å². The average molecular weight is 284 g/mol. The molecule has 0 aromatic rings. The van der Waals surface area contributed by atoms with Crippen LogP contribution in [0.3, 0.4) is 0 Å². The molecule has 0 unspecified atom stereocenters. The summed E-state index contributed by atoms with van der Waals surface area (Å²) >= 11 is 0. The van der Waals surface area contributed by atoms with Crippen molar-refractivity contribution in [3.05, 3.63) is 0 Å². The summed E-state index contributed by atoms with van der Waals surface area (Å²) in [4.78, 5) is 22.1. The maximum atomic E-state index is 11.0. The second kappa shape index (κ2) is 13.1. The highest BCUT2D eigenvalue weighted by atomic mass is 16.8. The molecule has 0 aromatic heterocycles. The van der Waals surface area contributed by atoms with Gasteiger partial charge in [-0.25, -0.2) is 0 Å². The van der Waals surface area contributed by atoms with Gasteiger partial charge in [0.2, 0.25) is 0 Å². The Kier molecular flexibility index (Phi) is 12.2. The van der Waals surface area contributed by atoms with Gasteiger partial charge in [-0.3, -0.25) is 9.59 Å². The molecule has 0 aromatic carbocycles. The van der Waals surface area contributed by atoms with Crippen molar-refractivity contribution in [2.45, 2.75) is 6.42 Å². The van der Waals surface area contributed by atoms with Crippen LogP contribution >= 0.6 is 0 Å². The standard InChI is InChI=1S/C9H16O10/c10-2-14-4-16-6-18-8(12)1-9(13)19-7-17-5-15-3-11/h10-11H,1-7H2. The quantitative estimate of drug-likeness (QED) is 0.184. The summed E-state index contributed by atoms with van der Waals surface area (Å²) in [6, 6.07) is 0. The van der Waals surface area contributed by atoms with Crippen LogP contribution in [-0.4, -0.2) is 62.9 Å². The van der Waals surface area contributed by atoms with Gasteiger partial charge in [-0.1, -0.05) is 0 Å². The summed E-state index contributed by atoms with van der Waals surface area (Å²) in [5.41, 5.74) is 0. The lowest BCUT2D eigenvalue weighted by Gasteiger charge is -2.06. The normalized spacial score (nSPS) is 10.2. The fraction of sp³-hybridized carbons (Fsp3) is 0.778. The number of esters is 2. The molecule has 0 aliphatic rings. The zero-order valence-electron chi connectivity index (χ0n) is 10.1. The molecule has 19 heavy (non-hydrogen) atoms. The molecule has 0 atom stereocenters. The van der Waals surface area contributed by atoms with E-state index in [1.54, 1.807) is 0 Å². The van der Waals surface area contributed by atoms with Crippen molar-refractivity contribution in [1.82, 2.24) is 0 Å². The van der Waals surface area contributed by atoms with Gasteiger partial charge in [0.25, 0.3) is 0 Å². The third-order valence-electron chi connectivity index (χ3n) is 1.41. The van der Waals surface area contributed by atoms with Gasteiger partial charge < -0.3 is 38.6 Å². The average Bonchev–Trinajstić information content (AvgIpc) is 2.38. The molecule has 0 spiro atoms. The third-order valence-corrected chi connectivity index (χ3v) is 1.41. The monoisotopic (exact) mass is 284 g/mol. The first kappa shape index (κ1) is 17.7. The highest BCUT2D eigenvalue weighted by molar-refractivity contribution is 5.91. The molecule has 0 fully saturated rings. The lowest BCUT2D eigenvalue weighted by Crippen LogP contribution is -2.17. The number of aliphatic hydroxyl groups is 2. The van der Waals surface area contributed by atoms with Gasteiger partial charge in [0.05, 0.1) is 0 Å². The Bertz CT molecular complexity index is 219. The first-order valence-corrected chi connectivity index (χ1v) is 5.04. The van der Waals surface area contributed by atoms with Gasteiger partial charge in [0.15, 0.2) is 27.2 Å². The Morgan fingerprint density at radius 1 is 0.684 bits per heavy atom. The molecule has 0 amide bonds. The van der Waals surface area contributed by atoms with Gasteiger partial charge in [0.1, 0.15) is 20.0 Å². The number of rotatable bonds is 12. The minimum Gasteiger partial charge on any atom is -0.438 e. The topological polar surface area (TPSA) is 130 Å². The van der Waals surface area contributed by atoms with Crippen LogP contribution in [0.1, 0.15) is 6.42 Å². The molecule has 0 heterocycles. The second-order valence-corrected chi connectivity index (χ2v) is 2.76. The summed E-state index contributed by atoms with van der Waals surface area (Å²) < 4.78 is 27.0. The van der Waals surface area contributed by atoms with Crippen molar-refractivity contribution in [2.24, 2.45) is 0 Å². The van der Waals surface area contributed by atoms with Crippen molar-refractivity contribution >= 4 is 11.9 Å². The van der Waals surface area contributed by atoms with Crippen molar-refractivity contribution in [3.8, 4) is 0 Å². The Hall–Kier alpha value is -1.30. The maximum absolute atomic E-state index is 11.0. The summed E-state index contributed by atoms with van der Waals surface area (Å²) in [7, 11) is 0. The van der Waals surface area contributed by atoms with Crippen LogP contribution in [0.4, 0.5) is 0 Å². The fourth-order valence-corrected chi connectivity index (χ4v) is 0.695. The molecule has 112 valence electrons. The Morgan fingerprint density at radius 3 is 1.47 bits per heavy atom. The summed E-state index contributed by atoms with van der Waals surface area (Å²) in [5.74, 6) is -1.69. The molecule has 0 aliphatic carbocycles. The van der Waals surface area contributed by atoms with E-state index in [0.29, 0.717) is 0 Å². The number of carbonyl (C=O) groups is 2. The smallest absolute Gasteiger partial charge is 0.319 e. The van der Waals surface area contributed by atoms with Crippen LogP contribution in [0.15, 0.2) is 0 Å². The van der Waals surface area contributed by atoms with Crippen LogP contribution < -0.4 is 0 Å². The van der Waals surface area contributed by atoms with E-state index in [4.69, 9.17) is 10.2 Å². The molecule has 0 rings (SSSR count). The highest BCUT2D eigenvalue weighted by Gasteiger charge is 2.11. The van der Waals surface area contributed by atoms with Crippen molar-refractivity contribution < 1.29 is 48.2 Å². The summed E-state index contributed by atoms with van der Waals surface area (Å²) in [5, 5.41) is 16.4. The molecule has 0 saturated carbocycles. The van der Waals surface area contributed by atoms with E-state index in [2.05, 4.69) is 28.4 Å². The first-order chi connectivity index (χ1) is 9.20. The predicted octanol–water partition coefficient (Wildman–Crippen LogP) is -1.74. The molecule has 0 saturated heterocycles. The molecule has 0 bridgehead atoms. The largest absolute Gasteiger partial charge is 0.438 e. The van der Waals surface area contributed by atoms with E-state index in [0.717, 1.165) is 0 Å². The summed E-state index contributed by atoms with van der Waals surface area (Å²) in [6.07, 6.45) is -0.603. The maximum Gasteiger partial charge on any atom is 0.319 e. The molecular formula is C9H16O10. The van der Waals surface area contributed by atoms with Crippen LogP contribution in [0, 0.1) is 0 Å². The van der Waals surface area contributed by atoms with Gasteiger partial charge >= 0.3 is 11.9 Å². The van der Waals surface area contributed by atoms with E-state index >= 15 is 0 Å². The number of ether oxygens (including phenoxy) is 6. The van der Waals surface area contributed by atoms with E-state index in [1.807, 2.05) is 0 Å². The zero-order valence-corrected chi connectivity index (χ0v) is 10.1. The third kappa shape index (κ3) is 12.9. The van der Waals surface area contributed by atoms with Crippen molar-refractivity contribution in [1.29, 1.82) is 0 Å². The Balaban J connectivity index is 3.40. The minimum atomic E-state index is -0.847. The minimum absolute atomic E-state index is 0.243. The van der Waals surface area contributed by atoms with E-state index in [-0.39, 0.29) is 13.6 Å². The van der Waals surface area contributed by atoms with Gasteiger partial charge in [-0.2, -0.15) is 0 Å². The number of hydrogen-bond donors (Lipinski definition) is 2. The van der Waals surface area contributed by atoms with Crippen LogP contribution in [0.25, 0.3) is 0 Å². The lowest BCUT2D eigenvalue weighted by molar-refractivity contribution is -0.184. The van der Waals surface area contributed by atoms with Crippen LogP contribution in [0.5, 0.6) is 0 Å². The van der Waals surface area contributed by atoms with Crippen LogP contribution in [-0.2, 0) is 38.0 Å². The van der Waals surface area contributed by atoms with E-state index < -0.39 is 45.5 Å². The zero-order chi connectivity index (χ0) is 14.3. The van der Waals surface area contributed by atoms with E-state index in [9.17, 15) is 9.59 Å². The van der Waals surface area contributed by atoms with Crippen molar-refractivity contribution in [2.75, 3.05) is 40.8 Å². The van der Waals surface area contributed by atoms with E-state index in [1.165, 1.54) is 0 Å². The molecule has 10 heteroatoms.